The first kappa shape index (κ1) is 12.1. The molecular formula is C9H14N2O3S. The van der Waals surface area contributed by atoms with Gasteiger partial charge in [0.15, 0.2) is 0 Å². The second kappa shape index (κ2) is 5.79. The maximum absolute atomic E-state index is 10.4. The molecule has 1 aromatic rings. The molecule has 84 valence electrons. The van der Waals surface area contributed by atoms with E-state index >= 15 is 0 Å². The van der Waals surface area contributed by atoms with Gasteiger partial charge in [-0.1, -0.05) is 6.07 Å². The minimum Gasteiger partial charge on any atom is -0.315 e. The standard InChI is InChI=1S/C9H14N2O3S/c12-15(13,14)7-6-10-5-3-9-2-1-4-11-8-9/h1-2,4,8,10H,3,5-7H2,(H,12,13,14). The molecule has 0 amide bonds. The van der Waals surface area contributed by atoms with Crippen LogP contribution < -0.4 is 5.32 Å². The van der Waals surface area contributed by atoms with E-state index in [1.54, 1.807) is 12.4 Å². The molecule has 0 unspecified atom stereocenters. The molecule has 1 heterocycles. The van der Waals surface area contributed by atoms with Gasteiger partial charge in [0.05, 0.1) is 5.75 Å². The molecule has 15 heavy (non-hydrogen) atoms. The van der Waals surface area contributed by atoms with Gasteiger partial charge in [-0.25, -0.2) is 0 Å². The number of nitrogens with one attached hydrogen (secondary N) is 1. The van der Waals surface area contributed by atoms with E-state index in [-0.39, 0.29) is 12.3 Å². The van der Waals surface area contributed by atoms with Crippen molar-refractivity contribution in [2.75, 3.05) is 18.8 Å². The minimum absolute atomic E-state index is 0.250. The molecule has 0 aliphatic carbocycles. The van der Waals surface area contributed by atoms with Crippen LogP contribution in [0, 0.1) is 0 Å². The Kier molecular flexibility index (Phi) is 4.67. The van der Waals surface area contributed by atoms with Crippen molar-refractivity contribution < 1.29 is 13.0 Å². The van der Waals surface area contributed by atoms with Crippen LogP contribution in [0.5, 0.6) is 0 Å². The van der Waals surface area contributed by atoms with Crippen molar-refractivity contribution in [3.05, 3.63) is 30.1 Å². The van der Waals surface area contributed by atoms with Crippen LogP contribution in [0.3, 0.4) is 0 Å². The Morgan fingerprint density at radius 1 is 1.40 bits per heavy atom. The Bertz CT molecular complexity index is 378. The van der Waals surface area contributed by atoms with Gasteiger partial charge in [0.25, 0.3) is 10.1 Å². The van der Waals surface area contributed by atoms with Crippen LogP contribution >= 0.6 is 0 Å². The van der Waals surface area contributed by atoms with Crippen molar-refractivity contribution in [1.82, 2.24) is 10.3 Å². The van der Waals surface area contributed by atoms with Crippen molar-refractivity contribution in [1.29, 1.82) is 0 Å². The summed E-state index contributed by atoms with van der Waals surface area (Å²) < 4.78 is 29.2. The van der Waals surface area contributed by atoms with Gasteiger partial charge in [-0.15, -0.1) is 0 Å². The molecule has 1 aromatic heterocycles. The van der Waals surface area contributed by atoms with Gasteiger partial charge in [0, 0.05) is 18.9 Å². The van der Waals surface area contributed by atoms with Crippen LogP contribution in [0.25, 0.3) is 0 Å². The number of rotatable bonds is 6. The molecule has 0 spiro atoms. The molecule has 5 nitrogen and oxygen atoms in total. The largest absolute Gasteiger partial charge is 0.315 e. The van der Waals surface area contributed by atoms with Gasteiger partial charge in [0.1, 0.15) is 0 Å². The van der Waals surface area contributed by atoms with Crippen molar-refractivity contribution in [3.8, 4) is 0 Å². The molecule has 0 aromatic carbocycles. The van der Waals surface area contributed by atoms with Crippen LogP contribution in [-0.4, -0.2) is 36.8 Å². The Morgan fingerprint density at radius 2 is 2.20 bits per heavy atom. The molecule has 0 saturated heterocycles. The highest BCUT2D eigenvalue weighted by molar-refractivity contribution is 7.85. The Labute approximate surface area is 89.3 Å². The number of pyridine rings is 1. The van der Waals surface area contributed by atoms with Gasteiger partial charge in [-0.2, -0.15) is 8.42 Å². The lowest BCUT2D eigenvalue weighted by Crippen LogP contribution is -2.24. The molecule has 0 atom stereocenters. The predicted octanol–water partition coefficient (Wildman–Crippen LogP) is 0.101. The third-order valence-electron chi connectivity index (χ3n) is 1.85. The summed E-state index contributed by atoms with van der Waals surface area (Å²) in [5.74, 6) is -0.250. The van der Waals surface area contributed by atoms with Crippen molar-refractivity contribution >= 4 is 10.1 Å². The fraction of sp³-hybridized carbons (Fsp3) is 0.444. The smallest absolute Gasteiger partial charge is 0.266 e. The average Bonchev–Trinajstić information content (AvgIpc) is 2.17. The van der Waals surface area contributed by atoms with E-state index in [1.807, 2.05) is 12.1 Å². The molecule has 0 radical (unpaired) electrons. The van der Waals surface area contributed by atoms with E-state index in [1.165, 1.54) is 0 Å². The fourth-order valence-electron chi connectivity index (χ4n) is 1.10. The average molecular weight is 230 g/mol. The first-order chi connectivity index (χ1) is 7.08. The van der Waals surface area contributed by atoms with Crippen LogP contribution in [0.4, 0.5) is 0 Å². The van der Waals surface area contributed by atoms with E-state index in [0.717, 1.165) is 12.0 Å². The molecule has 0 aliphatic rings. The van der Waals surface area contributed by atoms with E-state index in [4.69, 9.17) is 4.55 Å². The summed E-state index contributed by atoms with van der Waals surface area (Å²) in [6, 6.07) is 3.81. The van der Waals surface area contributed by atoms with Gasteiger partial charge >= 0.3 is 0 Å². The van der Waals surface area contributed by atoms with Crippen LogP contribution in [0.1, 0.15) is 5.56 Å². The Morgan fingerprint density at radius 3 is 2.80 bits per heavy atom. The van der Waals surface area contributed by atoms with Gasteiger partial charge in [-0.3, -0.25) is 9.54 Å². The van der Waals surface area contributed by atoms with Crippen molar-refractivity contribution in [3.63, 3.8) is 0 Å². The molecule has 0 saturated carbocycles. The topological polar surface area (TPSA) is 79.3 Å². The summed E-state index contributed by atoms with van der Waals surface area (Å²) >= 11 is 0. The predicted molar refractivity (Wildman–Crippen MR) is 57.2 cm³/mol. The third kappa shape index (κ3) is 6.16. The van der Waals surface area contributed by atoms with Crippen molar-refractivity contribution in [2.45, 2.75) is 6.42 Å². The highest BCUT2D eigenvalue weighted by Crippen LogP contribution is 1.95. The number of hydrogen-bond donors (Lipinski definition) is 2. The van der Waals surface area contributed by atoms with Gasteiger partial charge in [-0.05, 0) is 24.6 Å². The lowest BCUT2D eigenvalue weighted by atomic mass is 10.2. The molecule has 0 fully saturated rings. The van der Waals surface area contributed by atoms with Gasteiger partial charge in [0.2, 0.25) is 0 Å². The summed E-state index contributed by atoms with van der Waals surface area (Å²) in [5, 5.41) is 2.92. The molecule has 0 bridgehead atoms. The second-order valence-corrected chi connectivity index (χ2v) is 4.72. The molecule has 2 N–H and O–H groups in total. The van der Waals surface area contributed by atoms with E-state index in [0.29, 0.717) is 6.54 Å². The molecular weight excluding hydrogens is 216 g/mol. The van der Waals surface area contributed by atoms with E-state index < -0.39 is 10.1 Å². The zero-order valence-corrected chi connectivity index (χ0v) is 9.07. The van der Waals surface area contributed by atoms with Crippen molar-refractivity contribution in [2.24, 2.45) is 0 Å². The summed E-state index contributed by atoms with van der Waals surface area (Å²) in [7, 11) is -3.84. The minimum atomic E-state index is -3.84. The van der Waals surface area contributed by atoms with Gasteiger partial charge < -0.3 is 5.32 Å². The molecule has 6 heteroatoms. The fourth-order valence-corrected chi connectivity index (χ4v) is 1.51. The lowest BCUT2D eigenvalue weighted by molar-refractivity contribution is 0.480. The zero-order valence-electron chi connectivity index (χ0n) is 8.26. The van der Waals surface area contributed by atoms with Crippen LogP contribution in [0.15, 0.2) is 24.5 Å². The number of hydrogen-bond acceptors (Lipinski definition) is 4. The van der Waals surface area contributed by atoms with Crippen LogP contribution in [-0.2, 0) is 16.5 Å². The number of aromatic nitrogens is 1. The maximum atomic E-state index is 10.4. The Balaban J connectivity index is 2.13. The molecule has 0 aliphatic heterocycles. The SMILES string of the molecule is O=S(=O)(O)CCNCCc1cccnc1. The Hall–Kier alpha value is -0.980. The molecule has 1 rings (SSSR count). The zero-order chi connectivity index (χ0) is 11.1. The quantitative estimate of drug-likeness (QED) is 0.535. The number of nitrogens with zero attached hydrogens (tertiary/aromatic N) is 1. The highest BCUT2D eigenvalue weighted by Gasteiger charge is 2.02. The van der Waals surface area contributed by atoms with E-state index in [2.05, 4.69) is 10.3 Å². The first-order valence-electron chi connectivity index (χ1n) is 4.63. The first-order valence-corrected chi connectivity index (χ1v) is 6.23. The summed E-state index contributed by atoms with van der Waals surface area (Å²) in [6.07, 6.45) is 4.26. The normalized spacial score (nSPS) is 11.5. The second-order valence-electron chi connectivity index (χ2n) is 3.15. The van der Waals surface area contributed by atoms with Crippen LogP contribution in [0.2, 0.25) is 0 Å². The highest BCUT2D eigenvalue weighted by atomic mass is 32.2. The van der Waals surface area contributed by atoms with E-state index in [9.17, 15) is 8.42 Å². The summed E-state index contributed by atoms with van der Waals surface area (Å²) in [6.45, 7) is 0.931. The third-order valence-corrected chi connectivity index (χ3v) is 2.57. The lowest BCUT2D eigenvalue weighted by Gasteiger charge is -2.02. The monoisotopic (exact) mass is 230 g/mol. The summed E-state index contributed by atoms with van der Waals surface area (Å²) in [4.78, 5) is 3.96. The summed E-state index contributed by atoms with van der Waals surface area (Å²) in [5.41, 5.74) is 1.09. The maximum Gasteiger partial charge on any atom is 0.266 e.